The van der Waals surface area contributed by atoms with E-state index < -0.39 is 5.54 Å². The molecule has 0 atom stereocenters. The Hall–Kier alpha value is -0.830. The Morgan fingerprint density at radius 3 is 2.31 bits per heavy atom. The van der Waals surface area contributed by atoms with Gasteiger partial charge in [-0.1, -0.05) is 11.6 Å². The Morgan fingerprint density at radius 1 is 1.38 bits per heavy atom. The third-order valence-corrected chi connectivity index (χ3v) is 1.97. The van der Waals surface area contributed by atoms with E-state index in [4.69, 9.17) is 0 Å². The lowest BCUT2D eigenvalue weighted by Crippen LogP contribution is -2.51. The van der Waals surface area contributed by atoms with E-state index in [-0.39, 0.29) is 5.91 Å². The highest BCUT2D eigenvalue weighted by atomic mass is 16.2. The standard InChI is InChI=1S/C10H20N2O/c1-8(2)6-7-12-9(13)10(3,4)11-5/h6,11H,7H2,1-5H3,(H,12,13). The molecule has 0 bridgehead atoms. The lowest BCUT2D eigenvalue weighted by molar-refractivity contribution is -0.126. The van der Waals surface area contributed by atoms with Crippen LogP contribution in [-0.2, 0) is 4.79 Å². The molecule has 13 heavy (non-hydrogen) atoms. The number of hydrogen-bond donors (Lipinski definition) is 2. The molecule has 0 saturated heterocycles. The van der Waals surface area contributed by atoms with Crippen LogP contribution in [0.4, 0.5) is 0 Å². The average molecular weight is 184 g/mol. The first kappa shape index (κ1) is 12.2. The summed E-state index contributed by atoms with van der Waals surface area (Å²) in [7, 11) is 1.78. The number of amides is 1. The topological polar surface area (TPSA) is 41.1 Å². The minimum atomic E-state index is -0.491. The van der Waals surface area contributed by atoms with Crippen molar-refractivity contribution in [1.82, 2.24) is 10.6 Å². The molecule has 2 N–H and O–H groups in total. The van der Waals surface area contributed by atoms with Crippen LogP contribution in [0.15, 0.2) is 11.6 Å². The van der Waals surface area contributed by atoms with Crippen molar-refractivity contribution >= 4 is 5.91 Å². The first-order valence-corrected chi connectivity index (χ1v) is 4.50. The number of nitrogens with one attached hydrogen (secondary N) is 2. The van der Waals surface area contributed by atoms with E-state index in [2.05, 4.69) is 10.6 Å². The molecule has 0 aromatic carbocycles. The quantitative estimate of drug-likeness (QED) is 0.642. The molecule has 0 aromatic rings. The summed E-state index contributed by atoms with van der Waals surface area (Å²) in [5.74, 6) is 0.0208. The summed E-state index contributed by atoms with van der Waals surface area (Å²) in [5, 5.41) is 5.77. The molecule has 0 aromatic heterocycles. The van der Waals surface area contributed by atoms with Gasteiger partial charge in [-0.15, -0.1) is 0 Å². The molecule has 0 radical (unpaired) electrons. The van der Waals surface area contributed by atoms with Crippen molar-refractivity contribution in [2.75, 3.05) is 13.6 Å². The zero-order valence-electron chi connectivity index (χ0n) is 9.19. The molecule has 0 saturated carbocycles. The molecule has 0 aliphatic rings. The van der Waals surface area contributed by atoms with Crippen LogP contribution in [0.2, 0.25) is 0 Å². The van der Waals surface area contributed by atoms with Gasteiger partial charge in [0.25, 0.3) is 0 Å². The fraction of sp³-hybridized carbons (Fsp3) is 0.700. The predicted octanol–water partition coefficient (Wildman–Crippen LogP) is 1.07. The second-order valence-corrected chi connectivity index (χ2v) is 3.87. The fourth-order valence-corrected chi connectivity index (χ4v) is 0.682. The van der Waals surface area contributed by atoms with Gasteiger partial charge in [-0.2, -0.15) is 0 Å². The summed E-state index contributed by atoms with van der Waals surface area (Å²) >= 11 is 0. The lowest BCUT2D eigenvalue weighted by Gasteiger charge is -2.22. The number of rotatable bonds is 4. The van der Waals surface area contributed by atoms with Crippen LogP contribution >= 0.6 is 0 Å². The summed E-state index contributed by atoms with van der Waals surface area (Å²) < 4.78 is 0. The molecule has 3 heteroatoms. The summed E-state index contributed by atoms with van der Waals surface area (Å²) in [5.41, 5.74) is 0.720. The molecule has 0 unspecified atom stereocenters. The summed E-state index contributed by atoms with van der Waals surface area (Å²) in [6.07, 6.45) is 1.99. The molecule has 76 valence electrons. The molecular formula is C10H20N2O. The molecule has 3 nitrogen and oxygen atoms in total. The van der Waals surface area contributed by atoms with Gasteiger partial charge in [0.15, 0.2) is 0 Å². The maximum atomic E-state index is 11.5. The third kappa shape index (κ3) is 4.68. The van der Waals surface area contributed by atoms with E-state index in [0.717, 1.165) is 0 Å². The molecule has 0 spiro atoms. The molecule has 0 fully saturated rings. The number of likely N-dealkylation sites (N-methyl/N-ethyl adjacent to an activating group) is 1. The molecule has 1 amide bonds. The second-order valence-electron chi connectivity index (χ2n) is 3.87. The van der Waals surface area contributed by atoms with Gasteiger partial charge in [-0.25, -0.2) is 0 Å². The van der Waals surface area contributed by atoms with Gasteiger partial charge in [0.2, 0.25) is 5.91 Å². The monoisotopic (exact) mass is 184 g/mol. The molecule has 0 aliphatic heterocycles. The number of carbonyl (C=O) groups excluding carboxylic acids is 1. The molecule has 0 aliphatic carbocycles. The normalized spacial score (nSPS) is 10.8. The van der Waals surface area contributed by atoms with E-state index in [1.807, 2.05) is 33.8 Å². The van der Waals surface area contributed by atoms with Crippen molar-refractivity contribution in [3.63, 3.8) is 0 Å². The smallest absolute Gasteiger partial charge is 0.239 e. The highest BCUT2D eigenvalue weighted by Crippen LogP contribution is 1.99. The van der Waals surface area contributed by atoms with Gasteiger partial charge in [-0.05, 0) is 34.7 Å². The maximum Gasteiger partial charge on any atom is 0.239 e. The van der Waals surface area contributed by atoms with Crippen LogP contribution in [0.1, 0.15) is 27.7 Å². The average Bonchev–Trinajstić information content (AvgIpc) is 2.03. The van der Waals surface area contributed by atoms with Crippen molar-refractivity contribution in [2.45, 2.75) is 33.2 Å². The van der Waals surface area contributed by atoms with E-state index in [1.165, 1.54) is 5.57 Å². The zero-order chi connectivity index (χ0) is 10.5. The Balaban J connectivity index is 3.95. The number of carbonyl (C=O) groups is 1. The maximum absolute atomic E-state index is 11.5. The molecule has 0 rings (SSSR count). The lowest BCUT2D eigenvalue weighted by atomic mass is 10.1. The molecular weight excluding hydrogens is 164 g/mol. The van der Waals surface area contributed by atoms with E-state index in [1.54, 1.807) is 7.05 Å². The van der Waals surface area contributed by atoms with Crippen LogP contribution in [0.3, 0.4) is 0 Å². The Bertz CT molecular complexity index is 203. The van der Waals surface area contributed by atoms with Gasteiger partial charge < -0.3 is 10.6 Å². The van der Waals surface area contributed by atoms with Crippen molar-refractivity contribution in [1.29, 1.82) is 0 Å². The van der Waals surface area contributed by atoms with Crippen molar-refractivity contribution in [3.8, 4) is 0 Å². The Kier molecular flexibility index (Phi) is 4.70. The van der Waals surface area contributed by atoms with Crippen molar-refractivity contribution in [3.05, 3.63) is 11.6 Å². The first-order valence-electron chi connectivity index (χ1n) is 4.50. The highest BCUT2D eigenvalue weighted by molar-refractivity contribution is 5.85. The minimum Gasteiger partial charge on any atom is -0.351 e. The van der Waals surface area contributed by atoms with Crippen molar-refractivity contribution in [2.24, 2.45) is 0 Å². The van der Waals surface area contributed by atoms with Gasteiger partial charge in [0.05, 0.1) is 5.54 Å². The summed E-state index contributed by atoms with van der Waals surface area (Å²) in [6.45, 7) is 8.33. The zero-order valence-corrected chi connectivity index (χ0v) is 9.19. The van der Waals surface area contributed by atoms with Crippen LogP contribution in [0.5, 0.6) is 0 Å². The van der Waals surface area contributed by atoms with Crippen LogP contribution in [-0.4, -0.2) is 25.0 Å². The Labute approximate surface area is 80.6 Å². The van der Waals surface area contributed by atoms with Crippen LogP contribution in [0.25, 0.3) is 0 Å². The largest absolute Gasteiger partial charge is 0.351 e. The fourth-order valence-electron chi connectivity index (χ4n) is 0.682. The first-order chi connectivity index (χ1) is 5.90. The SMILES string of the molecule is CNC(C)(C)C(=O)NCC=C(C)C. The number of hydrogen-bond acceptors (Lipinski definition) is 2. The van der Waals surface area contributed by atoms with Crippen LogP contribution in [0, 0.1) is 0 Å². The van der Waals surface area contributed by atoms with E-state index in [0.29, 0.717) is 6.54 Å². The van der Waals surface area contributed by atoms with Crippen molar-refractivity contribution < 1.29 is 4.79 Å². The van der Waals surface area contributed by atoms with E-state index >= 15 is 0 Å². The summed E-state index contributed by atoms with van der Waals surface area (Å²) in [6, 6.07) is 0. The summed E-state index contributed by atoms with van der Waals surface area (Å²) in [4.78, 5) is 11.5. The Morgan fingerprint density at radius 2 is 1.92 bits per heavy atom. The van der Waals surface area contributed by atoms with Gasteiger partial charge in [0.1, 0.15) is 0 Å². The predicted molar refractivity (Wildman–Crippen MR) is 55.6 cm³/mol. The molecule has 0 heterocycles. The van der Waals surface area contributed by atoms with E-state index in [9.17, 15) is 4.79 Å². The minimum absolute atomic E-state index is 0.0208. The van der Waals surface area contributed by atoms with Crippen LogP contribution < -0.4 is 10.6 Å². The van der Waals surface area contributed by atoms with Gasteiger partial charge in [-0.3, -0.25) is 4.79 Å². The van der Waals surface area contributed by atoms with Gasteiger partial charge >= 0.3 is 0 Å². The van der Waals surface area contributed by atoms with Gasteiger partial charge in [0, 0.05) is 6.54 Å². The number of allylic oxidation sites excluding steroid dienone is 1. The highest BCUT2D eigenvalue weighted by Gasteiger charge is 2.23. The third-order valence-electron chi connectivity index (χ3n) is 1.97. The second kappa shape index (κ2) is 5.02.